The summed E-state index contributed by atoms with van der Waals surface area (Å²) in [5.74, 6) is -2.59. The maximum absolute atomic E-state index is 13.6. The fourth-order valence-corrected chi connectivity index (χ4v) is 5.17. The van der Waals surface area contributed by atoms with E-state index in [4.69, 9.17) is 5.73 Å². The molecule has 5 amide bonds. The molecule has 1 heterocycles. The smallest absolute Gasteiger partial charge is 0.269 e. The number of nitro benzene ring substituents is 1. The molecule has 0 spiro atoms. The van der Waals surface area contributed by atoms with Gasteiger partial charge in [0.1, 0.15) is 24.2 Å². The third-order valence-corrected chi connectivity index (χ3v) is 7.58. The lowest BCUT2D eigenvalue weighted by Gasteiger charge is -2.28. The first-order valence-corrected chi connectivity index (χ1v) is 15.3. The monoisotopic (exact) mass is 637 g/mol. The van der Waals surface area contributed by atoms with Crippen molar-refractivity contribution >= 4 is 40.9 Å². The standard InChI is InChI=1S/C32H43N7O7/c1-19(2)17-25(36-28(40)21(4)34-31(43)27-11-8-16-38(27)32(44)20(3)33)30(42)37-26(18-22-9-6-5-7-10-22)29(41)35-23-12-14-24(15-13-23)39(45)46/h5-7,9-10,12-15,19-21,25-27H,8,11,16-18,33H2,1-4H3,(H,34,43)(H,35,41)(H,36,40)(H,37,42)/t20-,21-,25-,26-,27-/m0/s1. The van der Waals surface area contributed by atoms with Crippen molar-refractivity contribution in [2.45, 2.75) is 83.6 Å². The van der Waals surface area contributed by atoms with E-state index in [2.05, 4.69) is 21.3 Å². The Labute approximate surface area is 268 Å². The van der Waals surface area contributed by atoms with Crippen molar-refractivity contribution < 1.29 is 28.9 Å². The Hall–Kier alpha value is -4.85. The molecule has 1 aliphatic heterocycles. The molecular formula is C32H43N7O7. The molecule has 0 aromatic heterocycles. The Morgan fingerprint density at radius 1 is 0.891 bits per heavy atom. The predicted octanol–water partition coefficient (Wildman–Crippen LogP) is 1.63. The Morgan fingerprint density at radius 2 is 1.52 bits per heavy atom. The van der Waals surface area contributed by atoms with Gasteiger partial charge in [-0.3, -0.25) is 34.1 Å². The highest BCUT2D eigenvalue weighted by molar-refractivity contribution is 5.99. The van der Waals surface area contributed by atoms with Gasteiger partial charge in [-0.25, -0.2) is 0 Å². The van der Waals surface area contributed by atoms with E-state index in [0.29, 0.717) is 25.1 Å². The summed E-state index contributed by atoms with van der Waals surface area (Å²) in [4.78, 5) is 77.5. The second-order valence-corrected chi connectivity index (χ2v) is 11.9. The number of hydrogen-bond donors (Lipinski definition) is 5. The molecule has 2 aromatic rings. The molecule has 5 atom stereocenters. The fraction of sp³-hybridized carbons (Fsp3) is 0.469. The Kier molecular flexibility index (Phi) is 12.7. The van der Waals surface area contributed by atoms with E-state index in [1.54, 1.807) is 19.1 Å². The molecule has 3 rings (SSSR count). The Bertz CT molecular complexity index is 1400. The van der Waals surface area contributed by atoms with Gasteiger partial charge >= 0.3 is 0 Å². The zero-order chi connectivity index (χ0) is 34.0. The highest BCUT2D eigenvalue weighted by Crippen LogP contribution is 2.19. The number of amides is 5. The summed E-state index contributed by atoms with van der Waals surface area (Å²) in [6.07, 6.45) is 1.47. The number of nitro groups is 1. The van der Waals surface area contributed by atoms with Crippen molar-refractivity contribution in [2.24, 2.45) is 11.7 Å². The van der Waals surface area contributed by atoms with Crippen LogP contribution in [0.5, 0.6) is 0 Å². The molecule has 2 aromatic carbocycles. The van der Waals surface area contributed by atoms with E-state index in [-0.39, 0.29) is 30.4 Å². The van der Waals surface area contributed by atoms with Gasteiger partial charge in [-0.2, -0.15) is 0 Å². The van der Waals surface area contributed by atoms with Crippen LogP contribution in [0.4, 0.5) is 11.4 Å². The van der Waals surface area contributed by atoms with Gasteiger partial charge in [-0.05, 0) is 56.7 Å². The molecule has 1 aliphatic rings. The number of likely N-dealkylation sites (tertiary alicyclic amines) is 1. The molecule has 14 nitrogen and oxygen atoms in total. The van der Waals surface area contributed by atoms with E-state index in [1.165, 1.54) is 36.1 Å². The molecule has 0 saturated carbocycles. The van der Waals surface area contributed by atoms with Crippen LogP contribution in [0.1, 0.15) is 52.5 Å². The third-order valence-electron chi connectivity index (χ3n) is 7.58. The summed E-state index contributed by atoms with van der Waals surface area (Å²) in [5, 5.41) is 21.8. The van der Waals surface area contributed by atoms with Crippen LogP contribution in [0, 0.1) is 16.0 Å². The van der Waals surface area contributed by atoms with E-state index in [1.807, 2.05) is 32.0 Å². The van der Waals surface area contributed by atoms with E-state index in [9.17, 15) is 34.1 Å². The van der Waals surface area contributed by atoms with Crippen LogP contribution < -0.4 is 27.0 Å². The van der Waals surface area contributed by atoms with E-state index in [0.717, 1.165) is 5.56 Å². The highest BCUT2D eigenvalue weighted by atomic mass is 16.6. The van der Waals surface area contributed by atoms with Crippen LogP contribution in [0.2, 0.25) is 0 Å². The fourth-order valence-electron chi connectivity index (χ4n) is 5.17. The lowest BCUT2D eigenvalue weighted by molar-refractivity contribution is -0.384. The van der Waals surface area contributed by atoms with Crippen molar-refractivity contribution in [3.8, 4) is 0 Å². The maximum Gasteiger partial charge on any atom is 0.269 e. The van der Waals surface area contributed by atoms with Gasteiger partial charge in [0.25, 0.3) is 5.69 Å². The van der Waals surface area contributed by atoms with E-state index < -0.39 is 58.8 Å². The second-order valence-electron chi connectivity index (χ2n) is 11.9. The summed E-state index contributed by atoms with van der Waals surface area (Å²) in [6, 6.07) is 9.76. The highest BCUT2D eigenvalue weighted by Gasteiger charge is 2.36. The number of nitrogens with two attached hydrogens (primary N) is 1. The second kappa shape index (κ2) is 16.5. The summed E-state index contributed by atoms with van der Waals surface area (Å²) in [5.41, 5.74) is 6.68. The molecule has 1 saturated heterocycles. The topological polar surface area (TPSA) is 206 Å². The molecule has 1 fully saturated rings. The first-order valence-electron chi connectivity index (χ1n) is 15.3. The zero-order valence-corrected chi connectivity index (χ0v) is 26.5. The van der Waals surface area contributed by atoms with Crippen molar-refractivity contribution in [3.05, 3.63) is 70.3 Å². The average molecular weight is 638 g/mol. The molecule has 0 unspecified atom stereocenters. The van der Waals surface area contributed by atoms with E-state index >= 15 is 0 Å². The van der Waals surface area contributed by atoms with Crippen LogP contribution in [0.25, 0.3) is 0 Å². The number of carbonyl (C=O) groups is 5. The first kappa shape index (κ1) is 35.6. The van der Waals surface area contributed by atoms with Crippen molar-refractivity contribution in [1.82, 2.24) is 20.9 Å². The minimum Gasteiger partial charge on any atom is -0.343 e. The third kappa shape index (κ3) is 10.1. The predicted molar refractivity (Wildman–Crippen MR) is 171 cm³/mol. The van der Waals surface area contributed by atoms with Gasteiger partial charge in [0.2, 0.25) is 29.5 Å². The summed E-state index contributed by atoms with van der Waals surface area (Å²) < 4.78 is 0. The Morgan fingerprint density at radius 3 is 2.11 bits per heavy atom. The minimum atomic E-state index is -1.05. The van der Waals surface area contributed by atoms with Crippen LogP contribution in [-0.4, -0.2) is 76.1 Å². The number of rotatable bonds is 14. The number of benzene rings is 2. The van der Waals surface area contributed by atoms with Gasteiger partial charge in [0.15, 0.2) is 0 Å². The van der Waals surface area contributed by atoms with Gasteiger partial charge in [-0.1, -0.05) is 44.2 Å². The van der Waals surface area contributed by atoms with Crippen molar-refractivity contribution in [3.63, 3.8) is 0 Å². The van der Waals surface area contributed by atoms with Crippen molar-refractivity contribution in [2.75, 3.05) is 11.9 Å². The van der Waals surface area contributed by atoms with Gasteiger partial charge in [0, 0.05) is 30.8 Å². The number of carbonyl (C=O) groups excluding carboxylic acids is 5. The molecule has 14 heteroatoms. The quantitative estimate of drug-likeness (QED) is 0.152. The van der Waals surface area contributed by atoms with Crippen LogP contribution in [-0.2, 0) is 30.4 Å². The first-order chi connectivity index (χ1) is 21.8. The largest absolute Gasteiger partial charge is 0.343 e. The summed E-state index contributed by atoms with van der Waals surface area (Å²) in [7, 11) is 0. The molecule has 0 bridgehead atoms. The number of anilines is 1. The van der Waals surface area contributed by atoms with Crippen molar-refractivity contribution in [1.29, 1.82) is 0 Å². The average Bonchev–Trinajstić information content (AvgIpc) is 3.50. The molecule has 46 heavy (non-hydrogen) atoms. The molecule has 6 N–H and O–H groups in total. The van der Waals surface area contributed by atoms with Gasteiger partial charge < -0.3 is 31.9 Å². The maximum atomic E-state index is 13.6. The van der Waals surface area contributed by atoms with Gasteiger partial charge in [0.05, 0.1) is 11.0 Å². The summed E-state index contributed by atoms with van der Waals surface area (Å²) >= 11 is 0. The number of hydrogen-bond acceptors (Lipinski definition) is 8. The van der Waals surface area contributed by atoms with Crippen LogP contribution >= 0.6 is 0 Å². The Balaban J connectivity index is 1.71. The molecule has 248 valence electrons. The lowest BCUT2D eigenvalue weighted by atomic mass is 10.0. The number of non-ortho nitro benzene ring substituents is 1. The summed E-state index contributed by atoms with van der Waals surface area (Å²) in [6.45, 7) is 7.20. The van der Waals surface area contributed by atoms with Crippen LogP contribution in [0.3, 0.4) is 0 Å². The molecular weight excluding hydrogens is 594 g/mol. The van der Waals surface area contributed by atoms with Crippen LogP contribution in [0.15, 0.2) is 54.6 Å². The SMILES string of the molecule is CC(C)C[C@H](NC(=O)[C@H](C)NC(=O)[C@@H]1CCCN1C(=O)[C@H](C)N)C(=O)N[C@@H](Cc1ccccc1)C(=O)Nc1ccc([N+](=O)[O-])cc1. The molecule has 0 radical (unpaired) electrons. The van der Waals surface area contributed by atoms with Gasteiger partial charge in [-0.15, -0.1) is 0 Å². The zero-order valence-electron chi connectivity index (χ0n) is 26.5. The minimum absolute atomic E-state index is 0.0150. The molecule has 0 aliphatic carbocycles. The normalized spacial score (nSPS) is 16.9. The number of nitrogens with zero attached hydrogens (tertiary/aromatic N) is 2. The number of nitrogens with one attached hydrogen (secondary N) is 4. The lowest BCUT2D eigenvalue weighted by Crippen LogP contribution is -2.58.